The molecule has 82 heavy (non-hydrogen) atoms. The van der Waals surface area contributed by atoms with E-state index in [-0.39, 0.29) is 71.7 Å². The molecule has 28 heteroatoms. The number of carbonyl (C=O) groups is 8. The first kappa shape index (κ1) is 58.0. The molecular weight excluding hydrogens is 1080 g/mol. The molecule has 7 atom stereocenters. The number of nitrogens with zero attached hydrogens (tertiary/aromatic N) is 3. The standard InChI is InChI=1S/C54H59N7O21/c1-6-8-9-25-26-20-60-31(17-28-27(47(60)69)22-76-50(72)54(28,75)7-2)39(26)58-30-18-34-44(79-23-78-34)40(38(25)30)59-52(74)77-21-24-10-11-33(80-49-43(67)41(65)42(66)45(81-49)48(70)71)29(16-24)57-35(62)14-15-55-46(68)32(61-36(63)12-13-37(61)64)19-56-51(73)82-53(3,4)5/h10-13,16-18,32,41-43,45,49,65-67,75H,6-9,14-15,19-23H2,1-5H3,(H,55,68)(H,56,73)(H,57,62)(H,59,74)(H,70,71)/t32-,41+,42+,43-,45+,49-,54+/m1/s1. The van der Waals surface area contributed by atoms with Crippen LogP contribution in [0.2, 0.25) is 0 Å². The number of ether oxygens (including phenoxy) is 7. The molecule has 6 amide bonds. The van der Waals surface area contributed by atoms with Gasteiger partial charge in [0.15, 0.2) is 23.2 Å². The van der Waals surface area contributed by atoms with Crippen molar-refractivity contribution in [3.05, 3.63) is 80.7 Å². The van der Waals surface area contributed by atoms with Crippen LogP contribution in [-0.2, 0) is 79.5 Å². The van der Waals surface area contributed by atoms with Crippen LogP contribution in [0.4, 0.5) is 21.0 Å². The van der Waals surface area contributed by atoms with Gasteiger partial charge in [0.2, 0.25) is 24.9 Å². The minimum absolute atomic E-state index is 0.0528. The van der Waals surface area contributed by atoms with Crippen LogP contribution in [-0.4, -0.2) is 150 Å². The Hall–Kier alpha value is -8.70. The monoisotopic (exact) mass is 1140 g/mol. The van der Waals surface area contributed by atoms with Crippen LogP contribution in [0, 0.1) is 0 Å². The highest BCUT2D eigenvalue weighted by Gasteiger charge is 2.49. The van der Waals surface area contributed by atoms with Crippen LogP contribution >= 0.6 is 0 Å². The van der Waals surface area contributed by atoms with E-state index in [2.05, 4.69) is 21.3 Å². The number of carbonyl (C=O) groups excluding carboxylic acids is 7. The minimum atomic E-state index is -2.06. The third kappa shape index (κ3) is 11.3. The van der Waals surface area contributed by atoms with E-state index in [1.165, 1.54) is 22.8 Å². The van der Waals surface area contributed by atoms with Crippen molar-refractivity contribution in [2.75, 3.05) is 30.5 Å². The summed E-state index contributed by atoms with van der Waals surface area (Å²) in [5.41, 5.74) is -0.506. The maximum Gasteiger partial charge on any atom is 0.412 e. The van der Waals surface area contributed by atoms with E-state index in [4.69, 9.17) is 38.1 Å². The number of imide groups is 1. The fraction of sp³-hybridized carbons (Fsp3) is 0.444. The highest BCUT2D eigenvalue weighted by atomic mass is 16.7. The minimum Gasteiger partial charge on any atom is -0.479 e. The molecule has 4 aromatic rings. The average Bonchev–Trinajstić information content (AvgIpc) is 1.96. The Balaban J connectivity index is 0.962. The van der Waals surface area contributed by atoms with Crippen molar-refractivity contribution in [1.82, 2.24) is 25.1 Å². The third-order valence-electron chi connectivity index (χ3n) is 14.1. The number of rotatable bonds is 18. The molecular formula is C54H59N7O21. The Morgan fingerprint density at radius 3 is 2.34 bits per heavy atom. The van der Waals surface area contributed by atoms with Crippen molar-refractivity contribution >= 4 is 70.0 Å². The normalized spacial score (nSPS) is 21.7. The maximum atomic E-state index is 14.1. The molecule has 0 unspecified atom stereocenters. The molecule has 0 radical (unpaired) electrons. The fourth-order valence-electron chi connectivity index (χ4n) is 10.0. The highest BCUT2D eigenvalue weighted by Crippen LogP contribution is 2.49. The third-order valence-corrected chi connectivity index (χ3v) is 14.1. The average molecular weight is 1140 g/mol. The zero-order chi connectivity index (χ0) is 59.1. The molecule has 7 heterocycles. The Kier molecular flexibility index (Phi) is 16.3. The number of aliphatic hydroxyl groups excluding tert-OH is 3. The number of carboxylic acid groups (broad SMARTS) is 1. The van der Waals surface area contributed by atoms with E-state index < -0.39 is 127 Å². The molecule has 2 aromatic carbocycles. The van der Waals surface area contributed by atoms with Crippen LogP contribution < -0.4 is 41.0 Å². The van der Waals surface area contributed by atoms with Gasteiger partial charge in [0, 0.05) is 47.7 Å². The molecule has 9 N–H and O–H groups in total. The zero-order valence-electron chi connectivity index (χ0n) is 44.9. The van der Waals surface area contributed by atoms with Gasteiger partial charge < -0.3 is 79.2 Å². The lowest BCUT2D eigenvalue weighted by atomic mass is 9.86. The van der Waals surface area contributed by atoms with E-state index in [1.807, 2.05) is 6.92 Å². The van der Waals surface area contributed by atoms with Crippen molar-refractivity contribution in [2.24, 2.45) is 0 Å². The van der Waals surface area contributed by atoms with Crippen LogP contribution in [0.15, 0.2) is 47.3 Å². The Morgan fingerprint density at radius 1 is 0.902 bits per heavy atom. The first-order valence-electron chi connectivity index (χ1n) is 26.1. The number of fused-ring (bicyclic) bond motifs is 6. The summed E-state index contributed by atoms with van der Waals surface area (Å²) in [6.45, 7) is 6.47. The van der Waals surface area contributed by atoms with Gasteiger partial charge in [0.1, 0.15) is 54.6 Å². The van der Waals surface area contributed by atoms with Crippen molar-refractivity contribution in [3.8, 4) is 28.6 Å². The number of esters is 1. The first-order chi connectivity index (χ1) is 38.9. The first-order valence-corrected chi connectivity index (χ1v) is 26.1. The molecule has 436 valence electrons. The number of cyclic esters (lactones) is 1. The largest absolute Gasteiger partial charge is 0.479 e. The highest BCUT2D eigenvalue weighted by molar-refractivity contribution is 6.15. The summed E-state index contributed by atoms with van der Waals surface area (Å²) in [4.78, 5) is 123. The van der Waals surface area contributed by atoms with Gasteiger partial charge >= 0.3 is 24.1 Å². The van der Waals surface area contributed by atoms with Crippen molar-refractivity contribution in [3.63, 3.8) is 0 Å². The lowest BCUT2D eigenvalue weighted by Crippen LogP contribution is -2.61. The summed E-state index contributed by atoms with van der Waals surface area (Å²) in [6.07, 6.45) is -8.87. The maximum absolute atomic E-state index is 14.1. The number of carboxylic acids is 1. The molecule has 5 aliphatic heterocycles. The number of benzene rings is 2. The molecule has 0 spiro atoms. The second-order valence-corrected chi connectivity index (χ2v) is 20.8. The van der Waals surface area contributed by atoms with Gasteiger partial charge in [-0.25, -0.2) is 24.2 Å². The number of hydrogen-bond acceptors (Lipinski definition) is 21. The van der Waals surface area contributed by atoms with Gasteiger partial charge in [-0.3, -0.25) is 34.2 Å². The molecule has 0 saturated carbocycles. The number of hydrogen-bond donors (Lipinski definition) is 9. The Bertz CT molecular complexity index is 3390. The number of anilines is 2. The van der Waals surface area contributed by atoms with Crippen molar-refractivity contribution in [1.29, 1.82) is 0 Å². The number of pyridine rings is 2. The molecule has 9 rings (SSSR count). The summed E-state index contributed by atoms with van der Waals surface area (Å²) >= 11 is 0. The predicted octanol–water partition coefficient (Wildman–Crippen LogP) is 1.43. The lowest BCUT2D eigenvalue weighted by molar-refractivity contribution is -0.271. The molecule has 0 bridgehead atoms. The van der Waals surface area contributed by atoms with E-state index in [9.17, 15) is 68.7 Å². The number of aliphatic hydroxyl groups is 4. The van der Waals surface area contributed by atoms with Crippen LogP contribution in [0.5, 0.6) is 17.2 Å². The molecule has 0 aliphatic carbocycles. The number of alkyl carbamates (subject to hydrolysis) is 1. The number of unbranched alkanes of at least 4 members (excludes halogenated alkanes) is 1. The fourth-order valence-corrected chi connectivity index (χ4v) is 10.0. The molecule has 2 aromatic heterocycles. The van der Waals surface area contributed by atoms with Gasteiger partial charge in [-0.15, -0.1) is 0 Å². The summed E-state index contributed by atoms with van der Waals surface area (Å²) in [5.74, 6) is -5.87. The van der Waals surface area contributed by atoms with Gasteiger partial charge in [0.05, 0.1) is 41.2 Å². The van der Waals surface area contributed by atoms with Gasteiger partial charge in [0.25, 0.3) is 17.4 Å². The Labute approximate surface area is 465 Å². The summed E-state index contributed by atoms with van der Waals surface area (Å²) < 4.78 is 40.5. The predicted molar refractivity (Wildman–Crippen MR) is 280 cm³/mol. The smallest absolute Gasteiger partial charge is 0.412 e. The Morgan fingerprint density at radius 2 is 1.65 bits per heavy atom. The summed E-state index contributed by atoms with van der Waals surface area (Å²) in [5, 5.41) is 63.3. The van der Waals surface area contributed by atoms with Gasteiger partial charge in [-0.05, 0) is 69.4 Å². The van der Waals surface area contributed by atoms with Crippen LogP contribution in [0.3, 0.4) is 0 Å². The van der Waals surface area contributed by atoms with Crippen molar-refractivity contribution < 1.29 is 97.0 Å². The SMILES string of the molecule is CCCCc1c2c(nc3cc4c(c(NC(=O)OCc5ccc(O[C@@H]6O[C@H](C(=O)O)[C@@H](O)[C@H](O)[C@H]6O)c(NC(=O)CCNC(=O)[C@@H](CNC(=O)OC(C)(C)C)N6C(=O)C=CC6=O)c5)c13)OCO4)-c1cc3c(c(=O)n1C2)COC(=O)[C@]3(O)CC. The van der Waals surface area contributed by atoms with Crippen molar-refractivity contribution in [2.45, 2.75) is 134 Å². The second kappa shape index (κ2) is 23.0. The van der Waals surface area contributed by atoms with E-state index in [1.54, 1.807) is 39.8 Å². The summed E-state index contributed by atoms with van der Waals surface area (Å²) in [6, 6.07) is 5.56. The second-order valence-electron chi connectivity index (χ2n) is 20.8. The van der Waals surface area contributed by atoms with E-state index in [0.29, 0.717) is 45.6 Å². The summed E-state index contributed by atoms with van der Waals surface area (Å²) in [7, 11) is 0. The molecule has 28 nitrogen and oxygen atoms in total. The number of nitrogens with one attached hydrogen (secondary N) is 4. The van der Waals surface area contributed by atoms with Crippen LogP contribution in [0.25, 0.3) is 22.3 Å². The molecule has 5 aliphatic rings. The van der Waals surface area contributed by atoms with Gasteiger partial charge in [-0.2, -0.15) is 0 Å². The quantitative estimate of drug-likeness (QED) is 0.0340. The van der Waals surface area contributed by atoms with E-state index >= 15 is 0 Å². The van der Waals surface area contributed by atoms with Gasteiger partial charge in [-0.1, -0.05) is 26.3 Å². The topological polar surface area (TPSA) is 389 Å². The molecule has 1 saturated heterocycles. The lowest BCUT2D eigenvalue weighted by Gasteiger charge is -2.38. The van der Waals surface area contributed by atoms with Crippen LogP contribution in [0.1, 0.15) is 88.1 Å². The zero-order valence-corrected chi connectivity index (χ0v) is 44.9. The molecule has 1 fully saturated rings. The number of aryl methyl sites for hydroxylation is 1. The number of amides is 6. The number of aliphatic carboxylic acids is 1. The van der Waals surface area contributed by atoms with E-state index in [0.717, 1.165) is 24.1 Å². The number of aromatic nitrogens is 2.